The fourth-order valence-electron chi connectivity index (χ4n) is 3.92. The first kappa shape index (κ1) is 24.2. The van der Waals surface area contributed by atoms with E-state index in [1.165, 1.54) is 12.1 Å². The van der Waals surface area contributed by atoms with Gasteiger partial charge in [-0.3, -0.25) is 9.78 Å². The first-order valence-corrected chi connectivity index (χ1v) is 11.3. The number of aromatic nitrogens is 3. The van der Waals surface area contributed by atoms with Crippen molar-refractivity contribution in [3.05, 3.63) is 120 Å². The van der Waals surface area contributed by atoms with Crippen LogP contribution in [0.4, 0.5) is 13.2 Å². The van der Waals surface area contributed by atoms with Crippen LogP contribution in [-0.2, 0) is 37.0 Å². The molecule has 35 heavy (non-hydrogen) atoms. The molecule has 0 spiro atoms. The molecule has 2 heterocycles. The smallest absolute Gasteiger partial charge is 0.331 e. The minimum Gasteiger partial charge on any atom is -0.331 e. The highest BCUT2D eigenvalue weighted by Gasteiger charge is 2.33. The maximum Gasteiger partial charge on any atom is 0.416 e. The number of nitrogens with zero attached hydrogens (tertiary/aromatic N) is 4. The lowest BCUT2D eigenvalue weighted by atomic mass is 10.1. The zero-order valence-electron chi connectivity index (χ0n) is 19.0. The van der Waals surface area contributed by atoms with E-state index < -0.39 is 11.7 Å². The van der Waals surface area contributed by atoms with Crippen molar-refractivity contribution in [3.63, 3.8) is 0 Å². The summed E-state index contributed by atoms with van der Waals surface area (Å²) in [4.78, 5) is 23.4. The summed E-state index contributed by atoms with van der Waals surface area (Å²) in [5, 5.41) is 0. The van der Waals surface area contributed by atoms with Crippen molar-refractivity contribution in [2.24, 2.45) is 0 Å². The van der Waals surface area contributed by atoms with E-state index in [4.69, 9.17) is 0 Å². The van der Waals surface area contributed by atoms with Crippen LogP contribution in [0.3, 0.4) is 0 Å². The van der Waals surface area contributed by atoms with Gasteiger partial charge in [-0.2, -0.15) is 13.2 Å². The molecular weight excluding hydrogens is 453 g/mol. The molecule has 8 heteroatoms. The van der Waals surface area contributed by atoms with Crippen molar-refractivity contribution in [1.82, 2.24) is 19.4 Å². The third-order valence-electron chi connectivity index (χ3n) is 5.72. The van der Waals surface area contributed by atoms with Crippen molar-refractivity contribution in [2.75, 3.05) is 0 Å². The number of hydrogen-bond acceptors (Lipinski definition) is 3. The monoisotopic (exact) mass is 478 g/mol. The Morgan fingerprint density at radius 3 is 2.37 bits per heavy atom. The second-order valence-corrected chi connectivity index (χ2v) is 8.22. The van der Waals surface area contributed by atoms with Gasteiger partial charge in [0.05, 0.1) is 12.1 Å². The summed E-state index contributed by atoms with van der Waals surface area (Å²) in [5.41, 5.74) is 1.40. The topological polar surface area (TPSA) is 51.0 Å². The molecule has 0 bridgehead atoms. The third kappa shape index (κ3) is 6.56. The van der Waals surface area contributed by atoms with Crippen molar-refractivity contribution in [1.29, 1.82) is 0 Å². The molecule has 0 saturated carbocycles. The molecule has 0 fully saturated rings. The molecule has 180 valence electrons. The van der Waals surface area contributed by atoms with Crippen molar-refractivity contribution in [2.45, 2.75) is 38.7 Å². The van der Waals surface area contributed by atoms with E-state index in [1.807, 2.05) is 36.4 Å². The molecule has 5 nitrogen and oxygen atoms in total. The highest BCUT2D eigenvalue weighted by Crippen LogP contribution is 2.32. The van der Waals surface area contributed by atoms with Crippen molar-refractivity contribution < 1.29 is 18.0 Å². The lowest BCUT2D eigenvalue weighted by molar-refractivity contribution is -0.138. The number of halogens is 3. The fourth-order valence-corrected chi connectivity index (χ4v) is 3.92. The van der Waals surface area contributed by atoms with E-state index in [0.717, 1.165) is 17.2 Å². The minimum atomic E-state index is -4.45. The summed E-state index contributed by atoms with van der Waals surface area (Å²) >= 11 is 0. The Hall–Kier alpha value is -3.94. The van der Waals surface area contributed by atoms with Gasteiger partial charge in [0.1, 0.15) is 5.82 Å². The molecule has 0 N–H and O–H groups in total. The molecule has 0 aliphatic rings. The number of amides is 1. The molecule has 0 aliphatic heterocycles. The Kier molecular flexibility index (Phi) is 7.60. The molecule has 1 amide bonds. The average Bonchev–Trinajstić information content (AvgIpc) is 3.29. The Morgan fingerprint density at radius 2 is 1.63 bits per heavy atom. The fraction of sp³-hybridized carbons (Fsp3) is 0.222. The van der Waals surface area contributed by atoms with Crippen LogP contribution in [0.15, 0.2) is 91.5 Å². The highest BCUT2D eigenvalue weighted by molar-refractivity contribution is 5.76. The van der Waals surface area contributed by atoms with E-state index in [0.29, 0.717) is 25.2 Å². The number of alkyl halides is 3. The second kappa shape index (κ2) is 11.0. The van der Waals surface area contributed by atoms with Gasteiger partial charge in [0.15, 0.2) is 0 Å². The highest BCUT2D eigenvalue weighted by atomic mass is 19.4. The molecule has 2 aromatic heterocycles. The number of hydrogen-bond donors (Lipinski definition) is 0. The molecule has 0 aliphatic carbocycles. The van der Waals surface area contributed by atoms with E-state index in [2.05, 4.69) is 9.97 Å². The quantitative estimate of drug-likeness (QED) is 0.319. The summed E-state index contributed by atoms with van der Waals surface area (Å²) in [6.45, 7) is 0.501. The standard InChI is InChI=1S/C27H25F3N4O/c28-27(29,30)24-11-5-4-10-23(24)19-33-16-15-32-25(33)20-34(18-22-9-6-14-31-17-22)26(35)13-12-21-7-2-1-3-8-21/h1-11,14-17H,12-13,18-20H2. The van der Waals surface area contributed by atoms with Crippen molar-refractivity contribution >= 4 is 5.91 Å². The normalized spacial score (nSPS) is 11.4. The average molecular weight is 479 g/mol. The number of carbonyl (C=O) groups excluding carboxylic acids is 1. The number of carbonyl (C=O) groups is 1. The van der Waals surface area contributed by atoms with Crippen LogP contribution in [0.5, 0.6) is 0 Å². The summed E-state index contributed by atoms with van der Waals surface area (Å²) < 4.78 is 42.1. The lowest BCUT2D eigenvalue weighted by Crippen LogP contribution is -2.31. The maximum absolute atomic E-state index is 13.5. The van der Waals surface area contributed by atoms with Crippen LogP contribution in [0.25, 0.3) is 0 Å². The lowest BCUT2D eigenvalue weighted by Gasteiger charge is -2.23. The molecule has 0 radical (unpaired) electrons. The van der Waals surface area contributed by atoms with Crippen LogP contribution in [0.1, 0.15) is 34.5 Å². The van der Waals surface area contributed by atoms with Gasteiger partial charge in [-0.25, -0.2) is 4.98 Å². The first-order valence-electron chi connectivity index (χ1n) is 11.3. The van der Waals surface area contributed by atoms with Crippen LogP contribution >= 0.6 is 0 Å². The predicted molar refractivity (Wildman–Crippen MR) is 126 cm³/mol. The molecule has 2 aromatic carbocycles. The number of pyridine rings is 1. The maximum atomic E-state index is 13.5. The van der Waals surface area contributed by atoms with Crippen LogP contribution in [0, 0.1) is 0 Å². The zero-order valence-corrected chi connectivity index (χ0v) is 19.0. The van der Waals surface area contributed by atoms with Gasteiger partial charge in [0.25, 0.3) is 0 Å². The van der Waals surface area contributed by atoms with Gasteiger partial charge in [-0.05, 0) is 35.2 Å². The van der Waals surface area contributed by atoms with Crippen LogP contribution in [-0.4, -0.2) is 25.3 Å². The van der Waals surface area contributed by atoms with Gasteiger partial charge in [-0.1, -0.05) is 54.6 Å². The summed E-state index contributed by atoms with van der Waals surface area (Å²) in [7, 11) is 0. The second-order valence-electron chi connectivity index (χ2n) is 8.22. The summed E-state index contributed by atoms with van der Waals surface area (Å²) in [6, 6.07) is 18.9. The molecule has 0 saturated heterocycles. The Balaban J connectivity index is 1.54. The largest absolute Gasteiger partial charge is 0.416 e. The first-order chi connectivity index (χ1) is 16.9. The van der Waals surface area contributed by atoms with E-state index in [9.17, 15) is 18.0 Å². The Morgan fingerprint density at radius 1 is 0.886 bits per heavy atom. The van der Waals surface area contributed by atoms with Gasteiger partial charge < -0.3 is 9.47 Å². The number of aryl methyl sites for hydroxylation is 1. The summed E-state index contributed by atoms with van der Waals surface area (Å²) in [6.07, 6.45) is 3.00. The van der Waals surface area contributed by atoms with Crippen LogP contribution < -0.4 is 0 Å². The van der Waals surface area contributed by atoms with Crippen LogP contribution in [0.2, 0.25) is 0 Å². The van der Waals surface area contributed by atoms with E-state index in [1.54, 1.807) is 46.4 Å². The van der Waals surface area contributed by atoms with E-state index in [-0.39, 0.29) is 24.6 Å². The molecule has 0 unspecified atom stereocenters. The SMILES string of the molecule is O=C(CCc1ccccc1)N(Cc1cccnc1)Cc1nccn1Cc1ccccc1C(F)(F)F. The molecule has 4 rings (SSSR count). The minimum absolute atomic E-state index is 0.00392. The molecular formula is C27H25F3N4O. The number of rotatable bonds is 9. The Labute approximate surface area is 201 Å². The molecule has 4 aromatic rings. The van der Waals surface area contributed by atoms with Gasteiger partial charge in [0.2, 0.25) is 5.91 Å². The molecule has 0 atom stereocenters. The van der Waals surface area contributed by atoms with Gasteiger partial charge in [-0.15, -0.1) is 0 Å². The van der Waals surface area contributed by atoms with Gasteiger partial charge in [0, 0.05) is 44.3 Å². The summed E-state index contributed by atoms with van der Waals surface area (Å²) in [5.74, 6) is 0.446. The number of benzene rings is 2. The predicted octanol–water partition coefficient (Wildman–Crippen LogP) is 5.51. The van der Waals surface area contributed by atoms with Crippen molar-refractivity contribution in [3.8, 4) is 0 Å². The number of imidazole rings is 1. The van der Waals surface area contributed by atoms with Gasteiger partial charge >= 0.3 is 6.18 Å². The third-order valence-corrected chi connectivity index (χ3v) is 5.72. The van der Waals surface area contributed by atoms with E-state index >= 15 is 0 Å². The Bertz CT molecular complexity index is 1240. The zero-order chi connectivity index (χ0) is 24.7.